The van der Waals surface area contributed by atoms with E-state index in [1.54, 1.807) is 6.07 Å². The smallest absolute Gasteiger partial charge is 0.410 e. The van der Waals surface area contributed by atoms with Gasteiger partial charge in [-0.3, -0.25) is 9.69 Å². The molecule has 1 atom stereocenters. The van der Waals surface area contributed by atoms with Crippen molar-refractivity contribution in [3.8, 4) is 0 Å². The summed E-state index contributed by atoms with van der Waals surface area (Å²) < 4.78 is 5.32. The van der Waals surface area contributed by atoms with E-state index in [2.05, 4.69) is 0 Å². The fourth-order valence-electron chi connectivity index (χ4n) is 3.07. The standard InChI is InChI=1S/C20H21ClN2O4/c21-17-9-5-4-8-16(17)12-22-10-11-23(13-18(22)19(24)25)20(26)27-14-15-6-2-1-3-7-15/h1-9,18H,10-14H2,(H,24,25)/t18-/m0/s1. The number of amides is 1. The van der Waals surface area contributed by atoms with Crippen LogP contribution in [0.4, 0.5) is 4.79 Å². The molecule has 2 aromatic rings. The van der Waals surface area contributed by atoms with Crippen molar-refractivity contribution in [1.29, 1.82) is 0 Å². The van der Waals surface area contributed by atoms with Gasteiger partial charge in [-0.1, -0.05) is 60.1 Å². The number of halogens is 1. The second-order valence-electron chi connectivity index (χ2n) is 6.40. The Labute approximate surface area is 162 Å². The van der Waals surface area contributed by atoms with Gasteiger partial charge in [0.2, 0.25) is 0 Å². The van der Waals surface area contributed by atoms with Gasteiger partial charge in [0.25, 0.3) is 0 Å². The normalized spacial score (nSPS) is 17.5. The van der Waals surface area contributed by atoms with Gasteiger partial charge in [0, 0.05) is 24.7 Å². The van der Waals surface area contributed by atoms with E-state index in [9.17, 15) is 14.7 Å². The summed E-state index contributed by atoms with van der Waals surface area (Å²) in [6, 6.07) is 15.9. The fourth-order valence-corrected chi connectivity index (χ4v) is 3.26. The average molecular weight is 389 g/mol. The van der Waals surface area contributed by atoms with Crippen molar-refractivity contribution < 1.29 is 19.4 Å². The molecular weight excluding hydrogens is 368 g/mol. The molecule has 1 saturated heterocycles. The number of benzene rings is 2. The van der Waals surface area contributed by atoms with Crippen molar-refractivity contribution in [1.82, 2.24) is 9.80 Å². The second-order valence-corrected chi connectivity index (χ2v) is 6.81. The third kappa shape index (κ3) is 4.99. The molecule has 7 heteroatoms. The van der Waals surface area contributed by atoms with Crippen molar-refractivity contribution in [2.45, 2.75) is 19.2 Å². The van der Waals surface area contributed by atoms with Crippen LogP contribution in [0.5, 0.6) is 0 Å². The number of carboxylic acid groups (broad SMARTS) is 1. The summed E-state index contributed by atoms with van der Waals surface area (Å²) in [6.45, 7) is 1.50. The van der Waals surface area contributed by atoms with Gasteiger partial charge in [0.15, 0.2) is 0 Å². The van der Waals surface area contributed by atoms with Gasteiger partial charge in [-0.15, -0.1) is 0 Å². The van der Waals surface area contributed by atoms with Gasteiger partial charge in [0.1, 0.15) is 12.6 Å². The van der Waals surface area contributed by atoms with Crippen LogP contribution in [0.3, 0.4) is 0 Å². The first-order chi connectivity index (χ1) is 13.0. The SMILES string of the molecule is O=C(O)[C@@H]1CN(C(=O)OCc2ccccc2)CCN1Cc1ccccc1Cl. The Balaban J connectivity index is 1.60. The van der Waals surface area contributed by atoms with Crippen LogP contribution in [0.2, 0.25) is 5.02 Å². The minimum Gasteiger partial charge on any atom is -0.480 e. The quantitative estimate of drug-likeness (QED) is 0.851. The molecule has 3 rings (SSSR count). The Morgan fingerprint density at radius 3 is 2.48 bits per heavy atom. The molecule has 142 valence electrons. The minimum absolute atomic E-state index is 0.0768. The molecule has 1 aliphatic rings. The maximum Gasteiger partial charge on any atom is 0.410 e. The lowest BCUT2D eigenvalue weighted by Crippen LogP contribution is -2.57. The third-order valence-electron chi connectivity index (χ3n) is 4.57. The number of nitrogens with zero attached hydrogens (tertiary/aromatic N) is 2. The second kappa shape index (κ2) is 8.88. The molecule has 2 aromatic carbocycles. The highest BCUT2D eigenvalue weighted by atomic mass is 35.5. The van der Waals surface area contributed by atoms with Crippen LogP contribution in [0.15, 0.2) is 54.6 Å². The van der Waals surface area contributed by atoms with Crippen LogP contribution < -0.4 is 0 Å². The highest BCUT2D eigenvalue weighted by molar-refractivity contribution is 6.31. The van der Waals surface area contributed by atoms with E-state index in [0.717, 1.165) is 11.1 Å². The zero-order valence-corrected chi connectivity index (χ0v) is 15.5. The summed E-state index contributed by atoms with van der Waals surface area (Å²) in [4.78, 5) is 27.3. The monoisotopic (exact) mass is 388 g/mol. The molecule has 6 nitrogen and oxygen atoms in total. The largest absolute Gasteiger partial charge is 0.480 e. The number of piperazine rings is 1. The topological polar surface area (TPSA) is 70.1 Å². The zero-order valence-electron chi connectivity index (χ0n) is 14.8. The molecule has 27 heavy (non-hydrogen) atoms. The molecule has 1 N–H and O–H groups in total. The van der Waals surface area contributed by atoms with Gasteiger partial charge in [0.05, 0.1) is 6.54 Å². The van der Waals surface area contributed by atoms with Crippen LogP contribution >= 0.6 is 11.6 Å². The summed E-state index contributed by atoms with van der Waals surface area (Å²) in [7, 11) is 0. The molecule has 0 spiro atoms. The van der Waals surface area contributed by atoms with Crippen molar-refractivity contribution in [3.63, 3.8) is 0 Å². The van der Waals surface area contributed by atoms with E-state index >= 15 is 0 Å². The number of rotatable bonds is 5. The highest BCUT2D eigenvalue weighted by Gasteiger charge is 2.35. The predicted molar refractivity (Wildman–Crippen MR) is 101 cm³/mol. The Kier molecular flexibility index (Phi) is 6.32. The van der Waals surface area contributed by atoms with E-state index in [1.165, 1.54) is 4.90 Å². The number of hydrogen-bond donors (Lipinski definition) is 1. The number of carbonyl (C=O) groups excluding carboxylic acids is 1. The maximum absolute atomic E-state index is 12.3. The highest BCUT2D eigenvalue weighted by Crippen LogP contribution is 2.21. The van der Waals surface area contributed by atoms with Crippen LogP contribution in [-0.2, 0) is 22.7 Å². The van der Waals surface area contributed by atoms with Crippen molar-refractivity contribution >= 4 is 23.7 Å². The molecule has 0 unspecified atom stereocenters. The molecule has 1 heterocycles. The van der Waals surface area contributed by atoms with Crippen molar-refractivity contribution in [2.75, 3.05) is 19.6 Å². The van der Waals surface area contributed by atoms with E-state index in [4.69, 9.17) is 16.3 Å². The first kappa shape index (κ1) is 19.2. The van der Waals surface area contributed by atoms with Gasteiger partial charge in [-0.05, 0) is 17.2 Å². The molecule has 1 aliphatic heterocycles. The summed E-state index contributed by atoms with van der Waals surface area (Å²) in [5.41, 5.74) is 1.75. The molecule has 0 saturated carbocycles. The van der Waals surface area contributed by atoms with Gasteiger partial charge in [-0.25, -0.2) is 4.79 Å². The summed E-state index contributed by atoms with van der Waals surface area (Å²) in [5, 5.41) is 10.2. The predicted octanol–water partition coefficient (Wildman–Crippen LogP) is 3.25. The maximum atomic E-state index is 12.3. The summed E-state index contributed by atoms with van der Waals surface area (Å²) >= 11 is 6.19. The Hall–Kier alpha value is -2.57. The molecule has 1 amide bonds. The van der Waals surface area contributed by atoms with Crippen molar-refractivity contribution in [2.24, 2.45) is 0 Å². The first-order valence-corrected chi connectivity index (χ1v) is 9.08. The molecule has 0 bridgehead atoms. The van der Waals surface area contributed by atoms with Crippen molar-refractivity contribution in [3.05, 3.63) is 70.7 Å². The third-order valence-corrected chi connectivity index (χ3v) is 4.94. The zero-order chi connectivity index (χ0) is 19.2. The lowest BCUT2D eigenvalue weighted by atomic mass is 10.1. The summed E-state index contributed by atoms with van der Waals surface area (Å²) in [5.74, 6) is -0.970. The van der Waals surface area contributed by atoms with Crippen LogP contribution in [0.1, 0.15) is 11.1 Å². The molecule has 0 radical (unpaired) electrons. The van der Waals surface area contributed by atoms with E-state index < -0.39 is 18.1 Å². The van der Waals surface area contributed by atoms with Crippen LogP contribution in [0, 0.1) is 0 Å². The molecular formula is C20H21ClN2O4. The average Bonchev–Trinajstić information content (AvgIpc) is 2.68. The number of hydrogen-bond acceptors (Lipinski definition) is 4. The van der Waals surface area contributed by atoms with Gasteiger partial charge in [-0.2, -0.15) is 0 Å². The first-order valence-electron chi connectivity index (χ1n) is 8.70. The summed E-state index contributed by atoms with van der Waals surface area (Å²) in [6.07, 6.45) is -0.498. The van der Waals surface area contributed by atoms with Gasteiger partial charge < -0.3 is 14.7 Å². The molecule has 0 aliphatic carbocycles. The fraction of sp³-hybridized carbons (Fsp3) is 0.300. The number of carbonyl (C=O) groups is 2. The lowest BCUT2D eigenvalue weighted by Gasteiger charge is -2.38. The Morgan fingerprint density at radius 2 is 1.78 bits per heavy atom. The van der Waals surface area contributed by atoms with Gasteiger partial charge >= 0.3 is 12.1 Å². The number of carboxylic acids is 1. The van der Waals surface area contributed by atoms with E-state index in [-0.39, 0.29) is 13.2 Å². The Morgan fingerprint density at radius 1 is 1.07 bits per heavy atom. The number of aliphatic carboxylic acids is 1. The van der Waals surface area contributed by atoms with E-state index in [0.29, 0.717) is 24.7 Å². The van der Waals surface area contributed by atoms with E-state index in [1.807, 2.05) is 53.4 Å². The Bertz CT molecular complexity index is 800. The molecule has 0 aromatic heterocycles. The molecule has 1 fully saturated rings. The number of ether oxygens (including phenoxy) is 1. The minimum atomic E-state index is -0.970. The lowest BCUT2D eigenvalue weighted by molar-refractivity contribution is -0.145. The van der Waals surface area contributed by atoms with Crippen LogP contribution in [-0.4, -0.2) is 52.6 Å². The van der Waals surface area contributed by atoms with Crippen LogP contribution in [0.25, 0.3) is 0 Å².